The molecule has 1 saturated carbocycles. The van der Waals surface area contributed by atoms with Crippen LogP contribution in [0.5, 0.6) is 0 Å². The minimum atomic E-state index is -1.70. The molecule has 0 aliphatic heterocycles. The van der Waals surface area contributed by atoms with Gasteiger partial charge in [0.2, 0.25) is 0 Å². The van der Waals surface area contributed by atoms with E-state index < -0.39 is 8.32 Å². The van der Waals surface area contributed by atoms with Crippen LogP contribution < -0.4 is 0 Å². The van der Waals surface area contributed by atoms with Crippen LogP contribution in [-0.2, 0) is 4.43 Å². The summed E-state index contributed by atoms with van der Waals surface area (Å²) in [4.78, 5) is 0. The highest BCUT2D eigenvalue weighted by molar-refractivity contribution is 6.77. The van der Waals surface area contributed by atoms with E-state index in [1.54, 1.807) is 6.08 Å². The Hall–Kier alpha value is -0.383. The van der Waals surface area contributed by atoms with Gasteiger partial charge in [0.15, 0.2) is 8.32 Å². The molecule has 1 aliphatic carbocycles. The number of aliphatic hydroxyl groups is 1. The van der Waals surface area contributed by atoms with Crippen LogP contribution in [0.1, 0.15) is 48.0 Å². The van der Waals surface area contributed by atoms with Crippen LogP contribution in [0.4, 0.5) is 0 Å². The van der Waals surface area contributed by atoms with Crippen LogP contribution in [0, 0.1) is 11.8 Å². The van der Waals surface area contributed by atoms with Gasteiger partial charge in [0.25, 0.3) is 0 Å². The van der Waals surface area contributed by atoms with Gasteiger partial charge < -0.3 is 9.53 Å². The molecule has 0 bridgehead atoms. The normalized spacial score (nSPS) is 23.3. The van der Waals surface area contributed by atoms with Crippen LogP contribution in [0.3, 0.4) is 0 Å². The second-order valence-corrected chi connectivity index (χ2v) is 12.7. The first-order valence-electron chi connectivity index (χ1n) is 8.44. The van der Waals surface area contributed by atoms with Gasteiger partial charge in [-0.15, -0.1) is 0 Å². The zero-order valence-electron chi connectivity index (χ0n) is 14.7. The summed E-state index contributed by atoms with van der Waals surface area (Å²) in [5.41, 5.74) is 1.99. The third-order valence-electron chi connectivity index (χ3n) is 4.94. The first kappa shape index (κ1) is 18.7. The van der Waals surface area contributed by atoms with Gasteiger partial charge in [-0.3, -0.25) is 0 Å². The Morgan fingerprint density at radius 1 is 1.05 bits per heavy atom. The lowest BCUT2D eigenvalue weighted by Crippen LogP contribution is -2.48. The van der Waals surface area contributed by atoms with Gasteiger partial charge in [-0.1, -0.05) is 65.8 Å². The van der Waals surface area contributed by atoms with Gasteiger partial charge >= 0.3 is 0 Å². The minimum Gasteiger partial charge on any atom is -0.416 e. The lowest BCUT2D eigenvalue weighted by atomic mass is 10.3. The number of allylic oxidation sites excluding steroid dienone is 3. The Morgan fingerprint density at radius 3 is 2.10 bits per heavy atom. The van der Waals surface area contributed by atoms with Gasteiger partial charge in [0.05, 0.1) is 6.61 Å². The first-order valence-corrected chi connectivity index (χ1v) is 10.6. The molecule has 0 aromatic rings. The highest BCUT2D eigenvalue weighted by Gasteiger charge is 2.47. The van der Waals surface area contributed by atoms with Crippen molar-refractivity contribution in [1.82, 2.24) is 0 Å². The van der Waals surface area contributed by atoms with Crippen molar-refractivity contribution in [2.45, 2.75) is 64.6 Å². The molecule has 1 fully saturated rings. The summed E-state index contributed by atoms with van der Waals surface area (Å²) in [5, 5.41) is 8.69. The molecule has 0 amide bonds. The zero-order chi connectivity index (χ0) is 16.0. The topological polar surface area (TPSA) is 29.5 Å². The second kappa shape index (κ2) is 8.30. The molecule has 3 heteroatoms. The van der Waals surface area contributed by atoms with E-state index in [1.165, 1.54) is 6.42 Å². The summed E-state index contributed by atoms with van der Waals surface area (Å²) in [5.74, 6) is 1.37. The third-order valence-corrected chi connectivity index (χ3v) is 11.0. The fraction of sp³-hybridized carbons (Fsp3) is 0.778. The van der Waals surface area contributed by atoms with Gasteiger partial charge in [-0.25, -0.2) is 0 Å². The van der Waals surface area contributed by atoms with Crippen molar-refractivity contribution in [3.05, 3.63) is 24.3 Å². The molecular formula is C18H34O2Si. The molecule has 0 spiro atoms. The number of hydrogen-bond acceptors (Lipinski definition) is 2. The molecule has 122 valence electrons. The van der Waals surface area contributed by atoms with Crippen molar-refractivity contribution in [2.24, 2.45) is 11.8 Å². The SMILES string of the molecule is CC(C)[Si](OC[C@H]1C[C@@H]1/C=C/C=C/CO)(C(C)C)C(C)C. The van der Waals surface area contributed by atoms with Gasteiger partial charge in [0, 0.05) is 6.61 Å². The Kier molecular flexibility index (Phi) is 7.38. The predicted molar refractivity (Wildman–Crippen MR) is 94.0 cm³/mol. The maximum Gasteiger partial charge on any atom is 0.200 e. The Bertz CT molecular complexity index is 336. The lowest BCUT2D eigenvalue weighted by molar-refractivity contribution is 0.259. The van der Waals surface area contributed by atoms with E-state index in [0.717, 1.165) is 6.61 Å². The predicted octanol–water partition coefficient (Wildman–Crippen LogP) is 4.92. The maximum atomic E-state index is 8.69. The summed E-state index contributed by atoms with van der Waals surface area (Å²) in [7, 11) is -1.70. The van der Waals surface area contributed by atoms with Crippen LogP contribution in [0.25, 0.3) is 0 Å². The van der Waals surface area contributed by atoms with E-state index in [-0.39, 0.29) is 6.61 Å². The molecule has 0 aromatic heterocycles. The maximum absolute atomic E-state index is 8.69. The first-order chi connectivity index (χ1) is 9.86. The molecule has 2 nitrogen and oxygen atoms in total. The standard InChI is InChI=1S/C18H34O2Si/c1-14(2)21(15(3)4,16(5)6)20-13-18-12-17(18)10-8-7-9-11-19/h7-10,14-19H,11-13H2,1-6H3/b9-7+,10-8+/t17-,18+/m0/s1. The highest BCUT2D eigenvalue weighted by Crippen LogP contribution is 2.46. The van der Waals surface area contributed by atoms with Crippen LogP contribution in [0.15, 0.2) is 24.3 Å². The Morgan fingerprint density at radius 2 is 1.62 bits per heavy atom. The summed E-state index contributed by atoms with van der Waals surface area (Å²) in [6.45, 7) is 15.1. The molecule has 1 rings (SSSR count). The van der Waals surface area contributed by atoms with Gasteiger partial charge in [-0.05, 0) is 34.9 Å². The smallest absolute Gasteiger partial charge is 0.200 e. The molecule has 21 heavy (non-hydrogen) atoms. The molecule has 0 unspecified atom stereocenters. The van der Waals surface area contributed by atoms with E-state index in [1.807, 2.05) is 6.08 Å². The number of rotatable bonds is 9. The fourth-order valence-corrected chi connectivity index (χ4v) is 9.30. The largest absolute Gasteiger partial charge is 0.416 e. The van der Waals surface area contributed by atoms with Gasteiger partial charge in [-0.2, -0.15) is 0 Å². The van der Waals surface area contributed by atoms with Crippen molar-refractivity contribution >= 4 is 8.32 Å². The molecule has 2 atom stereocenters. The monoisotopic (exact) mass is 310 g/mol. The van der Waals surface area contributed by atoms with E-state index in [0.29, 0.717) is 28.5 Å². The van der Waals surface area contributed by atoms with E-state index in [4.69, 9.17) is 9.53 Å². The third kappa shape index (κ3) is 4.80. The Balaban J connectivity index is 2.53. The van der Waals surface area contributed by atoms with Crippen LogP contribution >= 0.6 is 0 Å². The summed E-state index contributed by atoms with van der Waals surface area (Å²) in [6, 6.07) is 0. The summed E-state index contributed by atoms with van der Waals surface area (Å²) in [6.07, 6.45) is 9.24. The average Bonchev–Trinajstić information content (AvgIpc) is 3.13. The molecular weight excluding hydrogens is 276 g/mol. The Labute approximate surface area is 132 Å². The van der Waals surface area contributed by atoms with Crippen molar-refractivity contribution in [2.75, 3.05) is 13.2 Å². The fourth-order valence-electron chi connectivity index (χ4n) is 3.80. The lowest BCUT2D eigenvalue weighted by Gasteiger charge is -2.42. The van der Waals surface area contributed by atoms with Crippen LogP contribution in [-0.4, -0.2) is 26.6 Å². The summed E-state index contributed by atoms with van der Waals surface area (Å²) >= 11 is 0. The zero-order valence-corrected chi connectivity index (χ0v) is 15.7. The van der Waals surface area contributed by atoms with Gasteiger partial charge in [0.1, 0.15) is 0 Å². The minimum absolute atomic E-state index is 0.118. The molecule has 0 radical (unpaired) electrons. The van der Waals surface area contributed by atoms with Crippen molar-refractivity contribution in [1.29, 1.82) is 0 Å². The van der Waals surface area contributed by atoms with E-state index >= 15 is 0 Å². The highest BCUT2D eigenvalue weighted by atomic mass is 28.4. The molecule has 1 aliphatic rings. The van der Waals surface area contributed by atoms with Crippen molar-refractivity contribution in [3.8, 4) is 0 Å². The average molecular weight is 311 g/mol. The summed E-state index contributed by atoms with van der Waals surface area (Å²) < 4.78 is 6.64. The van der Waals surface area contributed by atoms with E-state index in [2.05, 4.69) is 53.7 Å². The van der Waals surface area contributed by atoms with Crippen molar-refractivity contribution < 1.29 is 9.53 Å². The molecule has 0 heterocycles. The van der Waals surface area contributed by atoms with Crippen molar-refractivity contribution in [3.63, 3.8) is 0 Å². The quantitative estimate of drug-likeness (QED) is 0.484. The van der Waals surface area contributed by atoms with E-state index in [9.17, 15) is 0 Å². The number of aliphatic hydroxyl groups excluding tert-OH is 1. The number of hydrogen-bond donors (Lipinski definition) is 1. The molecule has 1 N–H and O–H groups in total. The second-order valence-electron chi connectivity index (χ2n) is 7.28. The molecule has 0 aromatic carbocycles. The van der Waals surface area contributed by atoms with Crippen LogP contribution in [0.2, 0.25) is 16.6 Å². The molecule has 0 saturated heterocycles.